The summed E-state index contributed by atoms with van der Waals surface area (Å²) in [6.45, 7) is 12.7. The van der Waals surface area contributed by atoms with Gasteiger partial charge in [0.05, 0.1) is 7.11 Å². The minimum atomic E-state index is 0.962. The molecular weight excluding hydrogens is 268 g/mol. The second kappa shape index (κ2) is 8.43. The number of benzene rings is 1. The summed E-state index contributed by atoms with van der Waals surface area (Å²) in [5, 5.41) is 0. The van der Waals surface area contributed by atoms with Gasteiger partial charge in [-0.25, -0.2) is 0 Å². The molecule has 0 saturated carbocycles. The van der Waals surface area contributed by atoms with Gasteiger partial charge < -0.3 is 4.74 Å². The molecule has 0 saturated heterocycles. The van der Waals surface area contributed by atoms with Crippen molar-refractivity contribution in [2.24, 2.45) is 0 Å². The highest BCUT2D eigenvalue weighted by atomic mass is 16.5. The van der Waals surface area contributed by atoms with Crippen molar-refractivity contribution < 1.29 is 4.74 Å². The third kappa shape index (κ3) is 4.77. The molecule has 1 nitrogen and oxygen atoms in total. The Labute approximate surface area is 135 Å². The molecule has 0 atom stereocenters. The lowest BCUT2D eigenvalue weighted by Crippen LogP contribution is -1.95. The SMILES string of the molecule is C/C=C(C)/C=C/C=C(\C)C=Cc1c(C)cc(OC)c(C)c1C. The van der Waals surface area contributed by atoms with Crippen molar-refractivity contribution in [1.82, 2.24) is 0 Å². The lowest BCUT2D eigenvalue weighted by molar-refractivity contribution is 0.411. The standard InChI is InChI=1S/C21H28O/c1-8-15(2)10-9-11-16(3)12-13-20-17(4)14-21(22-7)19(6)18(20)5/h8-14H,1-7H3/b10-9+,13-12?,15-8+,16-11+. The van der Waals surface area contributed by atoms with Crippen LogP contribution >= 0.6 is 0 Å². The maximum absolute atomic E-state index is 5.42. The number of hydrogen-bond donors (Lipinski definition) is 0. The second-order valence-electron chi connectivity index (χ2n) is 5.70. The van der Waals surface area contributed by atoms with E-state index in [1.807, 2.05) is 6.92 Å². The average Bonchev–Trinajstić information content (AvgIpc) is 2.50. The molecule has 0 heterocycles. The number of aryl methyl sites for hydroxylation is 1. The fourth-order valence-electron chi connectivity index (χ4n) is 2.25. The second-order valence-corrected chi connectivity index (χ2v) is 5.70. The van der Waals surface area contributed by atoms with Gasteiger partial charge in [-0.1, -0.05) is 47.6 Å². The topological polar surface area (TPSA) is 9.23 Å². The Morgan fingerprint density at radius 3 is 2.27 bits per heavy atom. The molecule has 0 amide bonds. The van der Waals surface area contributed by atoms with Gasteiger partial charge in [-0.15, -0.1) is 0 Å². The van der Waals surface area contributed by atoms with E-state index in [9.17, 15) is 0 Å². The molecule has 0 aromatic heterocycles. The molecule has 0 spiro atoms. The molecule has 1 heteroatoms. The molecule has 0 N–H and O–H groups in total. The summed E-state index contributed by atoms with van der Waals surface area (Å²) in [5.41, 5.74) is 7.50. The highest BCUT2D eigenvalue weighted by Crippen LogP contribution is 2.28. The highest BCUT2D eigenvalue weighted by molar-refractivity contribution is 5.64. The van der Waals surface area contributed by atoms with Crippen LogP contribution in [-0.4, -0.2) is 7.11 Å². The summed E-state index contributed by atoms with van der Waals surface area (Å²) in [7, 11) is 1.72. The normalized spacial score (nSPS) is 13.4. The first kappa shape index (κ1) is 18.0. The van der Waals surface area contributed by atoms with Gasteiger partial charge >= 0.3 is 0 Å². The van der Waals surface area contributed by atoms with E-state index in [-0.39, 0.29) is 0 Å². The van der Waals surface area contributed by atoms with E-state index in [0.29, 0.717) is 0 Å². The molecular formula is C21H28O. The van der Waals surface area contributed by atoms with Crippen molar-refractivity contribution in [3.63, 3.8) is 0 Å². The van der Waals surface area contributed by atoms with Crippen molar-refractivity contribution in [3.8, 4) is 5.75 Å². The van der Waals surface area contributed by atoms with Crippen LogP contribution in [0.4, 0.5) is 0 Å². The minimum Gasteiger partial charge on any atom is -0.496 e. The van der Waals surface area contributed by atoms with Gasteiger partial charge in [0.1, 0.15) is 5.75 Å². The quantitative estimate of drug-likeness (QED) is 0.596. The van der Waals surface area contributed by atoms with Gasteiger partial charge in [-0.3, -0.25) is 0 Å². The summed E-state index contributed by atoms with van der Waals surface area (Å²) >= 11 is 0. The van der Waals surface area contributed by atoms with E-state index in [4.69, 9.17) is 4.74 Å². The third-order valence-corrected chi connectivity index (χ3v) is 4.01. The molecule has 22 heavy (non-hydrogen) atoms. The Morgan fingerprint density at radius 2 is 1.68 bits per heavy atom. The molecule has 118 valence electrons. The number of rotatable bonds is 5. The maximum atomic E-state index is 5.42. The first-order valence-corrected chi connectivity index (χ1v) is 7.71. The molecule has 1 aromatic carbocycles. The summed E-state index contributed by atoms with van der Waals surface area (Å²) in [5.74, 6) is 0.962. The van der Waals surface area contributed by atoms with Gasteiger partial charge in [0, 0.05) is 0 Å². The number of ether oxygens (including phenoxy) is 1. The molecule has 1 aromatic rings. The summed E-state index contributed by atoms with van der Waals surface area (Å²) in [4.78, 5) is 0. The van der Waals surface area contributed by atoms with E-state index in [1.165, 1.54) is 33.4 Å². The number of methoxy groups -OCH3 is 1. The summed E-state index contributed by atoms with van der Waals surface area (Å²) in [6.07, 6.45) is 12.8. The monoisotopic (exact) mass is 296 g/mol. The van der Waals surface area contributed by atoms with Crippen LogP contribution in [0, 0.1) is 20.8 Å². The van der Waals surface area contributed by atoms with Crippen molar-refractivity contribution in [3.05, 3.63) is 69.8 Å². The molecule has 0 radical (unpaired) electrons. The van der Waals surface area contributed by atoms with Crippen LogP contribution in [0.5, 0.6) is 5.75 Å². The Balaban J connectivity index is 3.02. The van der Waals surface area contributed by atoms with Crippen molar-refractivity contribution >= 4 is 6.08 Å². The number of allylic oxidation sites excluding steroid dienone is 7. The van der Waals surface area contributed by atoms with Gasteiger partial charge in [0.2, 0.25) is 0 Å². The Bertz CT molecular complexity index is 640. The van der Waals surface area contributed by atoms with Crippen LogP contribution in [0.25, 0.3) is 6.08 Å². The fourth-order valence-corrected chi connectivity index (χ4v) is 2.25. The smallest absolute Gasteiger partial charge is 0.122 e. The van der Waals surface area contributed by atoms with Gasteiger partial charge in [-0.05, 0) is 69.9 Å². The zero-order valence-electron chi connectivity index (χ0n) is 14.9. The molecule has 0 aliphatic heterocycles. The molecule has 0 aliphatic carbocycles. The molecule has 1 rings (SSSR count). The zero-order chi connectivity index (χ0) is 16.7. The van der Waals surface area contributed by atoms with Crippen molar-refractivity contribution in [2.75, 3.05) is 7.11 Å². The van der Waals surface area contributed by atoms with Gasteiger partial charge in [-0.2, -0.15) is 0 Å². The summed E-state index contributed by atoms with van der Waals surface area (Å²) in [6, 6.07) is 2.11. The van der Waals surface area contributed by atoms with E-state index in [1.54, 1.807) is 7.11 Å². The minimum absolute atomic E-state index is 0.962. The van der Waals surface area contributed by atoms with Crippen LogP contribution in [0.2, 0.25) is 0 Å². The molecule has 0 bridgehead atoms. The van der Waals surface area contributed by atoms with Gasteiger partial charge in [0.15, 0.2) is 0 Å². The lowest BCUT2D eigenvalue weighted by Gasteiger charge is -2.13. The van der Waals surface area contributed by atoms with E-state index in [2.05, 4.69) is 77.1 Å². The Morgan fingerprint density at radius 1 is 1.00 bits per heavy atom. The highest BCUT2D eigenvalue weighted by Gasteiger charge is 2.08. The average molecular weight is 296 g/mol. The van der Waals surface area contributed by atoms with E-state index >= 15 is 0 Å². The molecule has 0 fully saturated rings. The van der Waals surface area contributed by atoms with Crippen LogP contribution in [0.3, 0.4) is 0 Å². The first-order valence-electron chi connectivity index (χ1n) is 7.71. The summed E-state index contributed by atoms with van der Waals surface area (Å²) < 4.78 is 5.42. The predicted octanol–water partition coefficient (Wildman–Crippen LogP) is 6.10. The fraction of sp³-hybridized carbons (Fsp3) is 0.333. The number of hydrogen-bond acceptors (Lipinski definition) is 1. The zero-order valence-corrected chi connectivity index (χ0v) is 14.9. The van der Waals surface area contributed by atoms with Crippen molar-refractivity contribution in [1.29, 1.82) is 0 Å². The van der Waals surface area contributed by atoms with Gasteiger partial charge in [0.25, 0.3) is 0 Å². The van der Waals surface area contributed by atoms with E-state index < -0.39 is 0 Å². The largest absolute Gasteiger partial charge is 0.496 e. The molecule has 0 unspecified atom stereocenters. The first-order chi connectivity index (χ1) is 10.4. The van der Waals surface area contributed by atoms with Crippen LogP contribution in [-0.2, 0) is 0 Å². The van der Waals surface area contributed by atoms with Crippen LogP contribution < -0.4 is 4.74 Å². The predicted molar refractivity (Wildman–Crippen MR) is 98.6 cm³/mol. The molecule has 0 aliphatic rings. The maximum Gasteiger partial charge on any atom is 0.122 e. The van der Waals surface area contributed by atoms with Crippen molar-refractivity contribution in [2.45, 2.75) is 41.5 Å². The van der Waals surface area contributed by atoms with Crippen LogP contribution in [0.1, 0.15) is 43.0 Å². The lowest BCUT2D eigenvalue weighted by atomic mass is 9.96. The van der Waals surface area contributed by atoms with Crippen LogP contribution in [0.15, 0.2) is 47.6 Å². The Kier molecular flexibility index (Phi) is 6.91. The van der Waals surface area contributed by atoms with E-state index in [0.717, 1.165) is 5.75 Å². The third-order valence-electron chi connectivity index (χ3n) is 4.01. The Hall–Kier alpha value is -2.02.